The maximum absolute atomic E-state index is 5.60. The van der Waals surface area contributed by atoms with Gasteiger partial charge in [0.2, 0.25) is 0 Å². The number of likely N-dealkylation sites (tertiary alicyclic amines) is 1. The van der Waals surface area contributed by atoms with Gasteiger partial charge in [0.05, 0.1) is 5.69 Å². The molecule has 1 saturated heterocycles. The van der Waals surface area contributed by atoms with Gasteiger partial charge < -0.3 is 16.0 Å². The topological polar surface area (TPSA) is 54.2 Å². The van der Waals surface area contributed by atoms with Crippen LogP contribution in [0.5, 0.6) is 0 Å². The molecule has 2 rings (SSSR count). The minimum Gasteiger partial charge on any atom is -0.388 e. The van der Waals surface area contributed by atoms with Crippen molar-refractivity contribution in [2.45, 2.75) is 32.2 Å². The first-order valence-corrected chi connectivity index (χ1v) is 7.32. The van der Waals surface area contributed by atoms with E-state index in [2.05, 4.69) is 22.1 Å². The van der Waals surface area contributed by atoms with Crippen molar-refractivity contribution in [3.8, 4) is 0 Å². The molecule has 1 aromatic rings. The van der Waals surface area contributed by atoms with Crippen molar-refractivity contribution in [3.05, 3.63) is 23.9 Å². The van der Waals surface area contributed by atoms with Crippen LogP contribution in [0, 0.1) is 0 Å². The summed E-state index contributed by atoms with van der Waals surface area (Å²) in [7, 11) is 0. The van der Waals surface area contributed by atoms with Gasteiger partial charge in [-0.1, -0.05) is 24.7 Å². The maximum atomic E-state index is 5.60. The van der Waals surface area contributed by atoms with Gasteiger partial charge in [0.15, 0.2) is 0 Å². The molecule has 1 aromatic heterocycles. The predicted molar refractivity (Wildman–Crippen MR) is 83.5 cm³/mol. The van der Waals surface area contributed by atoms with E-state index in [1.54, 1.807) is 0 Å². The smallest absolute Gasteiger partial charge is 0.126 e. The molecule has 1 aliphatic heterocycles. The summed E-state index contributed by atoms with van der Waals surface area (Å²) in [4.78, 5) is 7.26. The van der Waals surface area contributed by atoms with E-state index in [1.807, 2.05) is 18.2 Å². The number of pyridine rings is 1. The summed E-state index contributed by atoms with van der Waals surface area (Å²) in [6.45, 7) is 5.67. The van der Waals surface area contributed by atoms with Crippen LogP contribution in [-0.4, -0.2) is 40.5 Å². The first kappa shape index (κ1) is 14.2. The molecule has 4 nitrogen and oxygen atoms in total. The number of rotatable bonds is 5. The lowest BCUT2D eigenvalue weighted by atomic mass is 10.1. The van der Waals surface area contributed by atoms with Crippen LogP contribution in [0.15, 0.2) is 18.2 Å². The number of thiocarbonyl (C=S) groups is 1. The van der Waals surface area contributed by atoms with Crippen molar-refractivity contribution >= 4 is 23.0 Å². The fraction of sp³-hybridized carbons (Fsp3) is 0.571. The molecule has 1 fully saturated rings. The molecule has 19 heavy (non-hydrogen) atoms. The fourth-order valence-corrected chi connectivity index (χ4v) is 2.59. The van der Waals surface area contributed by atoms with E-state index >= 15 is 0 Å². The lowest BCUT2D eigenvalue weighted by Gasteiger charge is -2.29. The number of nitrogens with one attached hydrogen (secondary N) is 1. The van der Waals surface area contributed by atoms with E-state index in [4.69, 9.17) is 18.0 Å². The molecule has 0 amide bonds. The summed E-state index contributed by atoms with van der Waals surface area (Å²) < 4.78 is 0. The summed E-state index contributed by atoms with van der Waals surface area (Å²) in [5.74, 6) is 0.842. The lowest BCUT2D eigenvalue weighted by molar-refractivity contribution is 0.223. The molecule has 0 bridgehead atoms. The third kappa shape index (κ3) is 4.44. The van der Waals surface area contributed by atoms with E-state index in [0.717, 1.165) is 12.4 Å². The van der Waals surface area contributed by atoms with Gasteiger partial charge in [0.25, 0.3) is 0 Å². The Bertz CT molecular complexity index is 429. The summed E-state index contributed by atoms with van der Waals surface area (Å²) >= 11 is 4.95. The van der Waals surface area contributed by atoms with Crippen LogP contribution in [0.25, 0.3) is 0 Å². The molecule has 104 valence electrons. The Morgan fingerprint density at radius 3 is 2.84 bits per heavy atom. The number of hydrogen-bond acceptors (Lipinski definition) is 4. The summed E-state index contributed by atoms with van der Waals surface area (Å²) in [6, 6.07) is 6.08. The third-order valence-electron chi connectivity index (χ3n) is 3.38. The monoisotopic (exact) mass is 278 g/mol. The third-order valence-corrected chi connectivity index (χ3v) is 3.59. The summed E-state index contributed by atoms with van der Waals surface area (Å²) in [5, 5.41) is 3.42. The molecule has 0 aliphatic carbocycles. The SMILES string of the molecule is CC(CN1CCCCC1)Nc1cccc(C(N)=S)n1. The van der Waals surface area contributed by atoms with Crippen LogP contribution in [0.3, 0.4) is 0 Å². The highest BCUT2D eigenvalue weighted by Crippen LogP contribution is 2.11. The zero-order valence-corrected chi connectivity index (χ0v) is 12.2. The zero-order valence-electron chi connectivity index (χ0n) is 11.4. The minimum atomic E-state index is 0.340. The summed E-state index contributed by atoms with van der Waals surface area (Å²) in [6.07, 6.45) is 4.01. The zero-order chi connectivity index (χ0) is 13.7. The van der Waals surface area contributed by atoms with Gasteiger partial charge in [0, 0.05) is 12.6 Å². The average molecular weight is 278 g/mol. The number of piperidine rings is 1. The first-order chi connectivity index (χ1) is 9.15. The second-order valence-electron chi connectivity index (χ2n) is 5.18. The molecule has 1 unspecified atom stereocenters. The Balaban J connectivity index is 1.88. The van der Waals surface area contributed by atoms with Crippen molar-refractivity contribution in [1.82, 2.24) is 9.88 Å². The molecule has 5 heteroatoms. The Kier molecular flexibility index (Phi) is 5.10. The molecule has 0 radical (unpaired) electrons. The highest BCUT2D eigenvalue weighted by molar-refractivity contribution is 7.80. The number of nitrogens with two attached hydrogens (primary N) is 1. The van der Waals surface area contributed by atoms with E-state index < -0.39 is 0 Å². The van der Waals surface area contributed by atoms with Gasteiger partial charge in [-0.25, -0.2) is 4.98 Å². The van der Waals surface area contributed by atoms with Crippen LogP contribution < -0.4 is 11.1 Å². The maximum Gasteiger partial charge on any atom is 0.126 e. The first-order valence-electron chi connectivity index (χ1n) is 6.91. The van der Waals surface area contributed by atoms with Gasteiger partial charge in [-0.05, 0) is 45.0 Å². The van der Waals surface area contributed by atoms with Gasteiger partial charge in [-0.3, -0.25) is 0 Å². The van der Waals surface area contributed by atoms with Crippen LogP contribution in [0.4, 0.5) is 5.82 Å². The van der Waals surface area contributed by atoms with Gasteiger partial charge in [0.1, 0.15) is 10.8 Å². The van der Waals surface area contributed by atoms with Gasteiger partial charge in [-0.2, -0.15) is 0 Å². The van der Waals surface area contributed by atoms with E-state index in [-0.39, 0.29) is 0 Å². The minimum absolute atomic E-state index is 0.340. The Labute approximate surface area is 120 Å². The van der Waals surface area contributed by atoms with Crippen molar-refractivity contribution in [1.29, 1.82) is 0 Å². The number of hydrogen-bond donors (Lipinski definition) is 2. The average Bonchev–Trinajstić information content (AvgIpc) is 2.40. The quantitative estimate of drug-likeness (QED) is 0.807. The molecule has 0 aromatic carbocycles. The second kappa shape index (κ2) is 6.82. The van der Waals surface area contributed by atoms with Crippen LogP contribution in [0.2, 0.25) is 0 Å². The second-order valence-corrected chi connectivity index (χ2v) is 5.62. The van der Waals surface area contributed by atoms with Crippen molar-refractivity contribution in [2.24, 2.45) is 5.73 Å². The molecule has 0 saturated carbocycles. The van der Waals surface area contributed by atoms with E-state index in [9.17, 15) is 0 Å². The number of anilines is 1. The molecule has 1 atom stereocenters. The number of aromatic nitrogens is 1. The van der Waals surface area contributed by atoms with Crippen molar-refractivity contribution < 1.29 is 0 Å². The van der Waals surface area contributed by atoms with Crippen LogP contribution in [0.1, 0.15) is 31.9 Å². The van der Waals surface area contributed by atoms with Gasteiger partial charge in [-0.15, -0.1) is 0 Å². The van der Waals surface area contributed by atoms with Crippen LogP contribution >= 0.6 is 12.2 Å². The number of nitrogens with zero attached hydrogens (tertiary/aromatic N) is 2. The molecule has 3 N–H and O–H groups in total. The van der Waals surface area contributed by atoms with Crippen LogP contribution in [-0.2, 0) is 0 Å². The molecule has 0 spiro atoms. The van der Waals surface area contributed by atoms with Crippen molar-refractivity contribution in [3.63, 3.8) is 0 Å². The van der Waals surface area contributed by atoms with Crippen molar-refractivity contribution in [2.75, 3.05) is 25.0 Å². The Morgan fingerprint density at radius 2 is 2.16 bits per heavy atom. The summed E-state index contributed by atoms with van der Waals surface area (Å²) in [5.41, 5.74) is 6.27. The normalized spacial score (nSPS) is 17.9. The largest absolute Gasteiger partial charge is 0.388 e. The predicted octanol–water partition coefficient (Wildman–Crippen LogP) is 2.00. The standard InChI is InChI=1S/C14H22N4S/c1-11(10-18-8-3-2-4-9-18)16-13-7-5-6-12(17-13)14(15)19/h5-7,11H,2-4,8-10H2,1H3,(H2,15,19)(H,16,17). The van der Waals surface area contributed by atoms with E-state index in [0.29, 0.717) is 16.7 Å². The molecular weight excluding hydrogens is 256 g/mol. The van der Waals surface area contributed by atoms with Gasteiger partial charge >= 0.3 is 0 Å². The highest BCUT2D eigenvalue weighted by Gasteiger charge is 2.13. The Morgan fingerprint density at radius 1 is 1.42 bits per heavy atom. The highest BCUT2D eigenvalue weighted by atomic mass is 32.1. The Hall–Kier alpha value is -1.20. The molecule has 2 heterocycles. The molecule has 1 aliphatic rings. The molecular formula is C14H22N4S. The van der Waals surface area contributed by atoms with E-state index in [1.165, 1.54) is 32.4 Å². The fourth-order valence-electron chi connectivity index (χ4n) is 2.48. The lowest BCUT2D eigenvalue weighted by Crippen LogP contribution is -2.38.